The van der Waals surface area contributed by atoms with E-state index in [0.29, 0.717) is 6.04 Å². The van der Waals surface area contributed by atoms with Gasteiger partial charge in [-0.2, -0.15) is 0 Å². The third-order valence-electron chi connectivity index (χ3n) is 2.59. The molecule has 1 atom stereocenters. The standard InChI is InChI=1S/C13H29NO/c1-5-10-14-13(8-7-12(3)4)9-11-15-6-2/h12-14H,5-11H2,1-4H3. The maximum absolute atomic E-state index is 5.41. The Balaban J connectivity index is 3.63. The van der Waals surface area contributed by atoms with Crippen molar-refractivity contribution < 1.29 is 4.74 Å². The van der Waals surface area contributed by atoms with E-state index in [4.69, 9.17) is 4.74 Å². The molecule has 92 valence electrons. The average molecular weight is 215 g/mol. The van der Waals surface area contributed by atoms with E-state index < -0.39 is 0 Å². The van der Waals surface area contributed by atoms with Gasteiger partial charge in [-0.25, -0.2) is 0 Å². The monoisotopic (exact) mass is 215 g/mol. The quantitative estimate of drug-likeness (QED) is 0.565. The van der Waals surface area contributed by atoms with Crippen LogP contribution in [0.4, 0.5) is 0 Å². The van der Waals surface area contributed by atoms with Gasteiger partial charge < -0.3 is 10.1 Å². The SMILES string of the molecule is CCCNC(CCOCC)CCC(C)C. The Hall–Kier alpha value is -0.0800. The molecule has 1 unspecified atom stereocenters. The molecule has 0 saturated carbocycles. The van der Waals surface area contributed by atoms with Gasteiger partial charge >= 0.3 is 0 Å². The lowest BCUT2D eigenvalue weighted by molar-refractivity contribution is 0.134. The first kappa shape index (κ1) is 14.9. The highest BCUT2D eigenvalue weighted by molar-refractivity contribution is 4.67. The molecule has 0 aromatic heterocycles. The first-order valence-corrected chi connectivity index (χ1v) is 6.51. The molecule has 1 N–H and O–H groups in total. The molecule has 0 amide bonds. The van der Waals surface area contributed by atoms with Crippen LogP contribution in [-0.4, -0.2) is 25.8 Å². The van der Waals surface area contributed by atoms with Crippen molar-refractivity contribution in [1.29, 1.82) is 0 Å². The zero-order valence-electron chi connectivity index (χ0n) is 11.0. The van der Waals surface area contributed by atoms with Crippen molar-refractivity contribution in [3.05, 3.63) is 0 Å². The predicted octanol–water partition coefficient (Wildman–Crippen LogP) is 3.22. The fraction of sp³-hybridized carbons (Fsp3) is 1.00. The molecule has 15 heavy (non-hydrogen) atoms. The first-order valence-electron chi connectivity index (χ1n) is 6.51. The summed E-state index contributed by atoms with van der Waals surface area (Å²) in [5.74, 6) is 0.808. The summed E-state index contributed by atoms with van der Waals surface area (Å²) in [5, 5.41) is 3.60. The van der Waals surface area contributed by atoms with Crippen molar-refractivity contribution in [2.75, 3.05) is 19.8 Å². The second kappa shape index (κ2) is 10.4. The van der Waals surface area contributed by atoms with Crippen molar-refractivity contribution in [2.45, 2.75) is 59.4 Å². The van der Waals surface area contributed by atoms with E-state index in [-0.39, 0.29) is 0 Å². The molecule has 0 radical (unpaired) electrons. The third-order valence-corrected chi connectivity index (χ3v) is 2.59. The number of hydrogen-bond donors (Lipinski definition) is 1. The summed E-state index contributed by atoms with van der Waals surface area (Å²) >= 11 is 0. The Morgan fingerprint density at radius 1 is 1.07 bits per heavy atom. The van der Waals surface area contributed by atoms with Crippen LogP contribution >= 0.6 is 0 Å². The average Bonchev–Trinajstić information content (AvgIpc) is 2.21. The smallest absolute Gasteiger partial charge is 0.0480 e. The molecule has 0 saturated heterocycles. The molecular weight excluding hydrogens is 186 g/mol. The minimum atomic E-state index is 0.652. The van der Waals surface area contributed by atoms with E-state index in [2.05, 4.69) is 33.0 Å². The molecule has 2 nitrogen and oxygen atoms in total. The van der Waals surface area contributed by atoms with Gasteiger partial charge in [0.1, 0.15) is 0 Å². The second-order valence-corrected chi connectivity index (χ2v) is 4.61. The van der Waals surface area contributed by atoms with Crippen LogP contribution in [-0.2, 0) is 4.74 Å². The summed E-state index contributed by atoms with van der Waals surface area (Å²) in [4.78, 5) is 0. The fourth-order valence-electron chi connectivity index (χ4n) is 1.60. The Morgan fingerprint density at radius 3 is 2.33 bits per heavy atom. The Morgan fingerprint density at radius 2 is 1.80 bits per heavy atom. The summed E-state index contributed by atoms with van der Waals surface area (Å²) in [6.45, 7) is 11.7. The Labute approximate surface area is 95.8 Å². The Kier molecular flexibility index (Phi) is 10.4. The lowest BCUT2D eigenvalue weighted by atomic mass is 10.0. The van der Waals surface area contributed by atoms with E-state index in [1.807, 2.05) is 0 Å². The molecule has 0 bridgehead atoms. The maximum atomic E-state index is 5.41. The highest BCUT2D eigenvalue weighted by Gasteiger charge is 2.08. The highest BCUT2D eigenvalue weighted by atomic mass is 16.5. The van der Waals surface area contributed by atoms with Crippen LogP contribution in [0.25, 0.3) is 0 Å². The summed E-state index contributed by atoms with van der Waals surface area (Å²) < 4.78 is 5.41. The molecule has 0 spiro atoms. The fourth-order valence-corrected chi connectivity index (χ4v) is 1.60. The van der Waals surface area contributed by atoms with Gasteiger partial charge in [-0.15, -0.1) is 0 Å². The van der Waals surface area contributed by atoms with Crippen LogP contribution in [0.1, 0.15) is 53.4 Å². The van der Waals surface area contributed by atoms with Gasteiger partial charge in [0.2, 0.25) is 0 Å². The minimum Gasteiger partial charge on any atom is -0.382 e. The largest absolute Gasteiger partial charge is 0.382 e. The van der Waals surface area contributed by atoms with Gasteiger partial charge in [-0.3, -0.25) is 0 Å². The maximum Gasteiger partial charge on any atom is 0.0480 e. The lowest BCUT2D eigenvalue weighted by Crippen LogP contribution is -2.31. The molecule has 0 aromatic carbocycles. The topological polar surface area (TPSA) is 21.3 Å². The minimum absolute atomic E-state index is 0.652. The molecule has 0 aliphatic carbocycles. The van der Waals surface area contributed by atoms with Crippen LogP contribution in [0.15, 0.2) is 0 Å². The second-order valence-electron chi connectivity index (χ2n) is 4.61. The number of rotatable bonds is 10. The van der Waals surface area contributed by atoms with Crippen LogP contribution in [0.3, 0.4) is 0 Å². The molecule has 0 rings (SSSR count). The van der Waals surface area contributed by atoms with Gasteiger partial charge in [0.25, 0.3) is 0 Å². The number of nitrogens with one attached hydrogen (secondary N) is 1. The Bertz CT molecular complexity index is 126. The zero-order valence-corrected chi connectivity index (χ0v) is 11.0. The van der Waals surface area contributed by atoms with Crippen LogP contribution < -0.4 is 5.32 Å². The summed E-state index contributed by atoms with van der Waals surface area (Å²) in [5.41, 5.74) is 0. The van der Waals surface area contributed by atoms with Crippen molar-refractivity contribution in [3.8, 4) is 0 Å². The molecule has 2 heteroatoms. The van der Waals surface area contributed by atoms with E-state index in [0.717, 1.165) is 32.1 Å². The van der Waals surface area contributed by atoms with E-state index in [1.165, 1.54) is 19.3 Å². The van der Waals surface area contributed by atoms with Gasteiger partial charge in [0, 0.05) is 19.3 Å². The van der Waals surface area contributed by atoms with E-state index >= 15 is 0 Å². The normalized spacial score (nSPS) is 13.4. The van der Waals surface area contributed by atoms with E-state index in [1.54, 1.807) is 0 Å². The predicted molar refractivity (Wildman–Crippen MR) is 67.3 cm³/mol. The first-order chi connectivity index (χ1) is 7.20. The van der Waals surface area contributed by atoms with Crippen molar-refractivity contribution >= 4 is 0 Å². The molecule has 0 aliphatic rings. The summed E-state index contributed by atoms with van der Waals surface area (Å²) in [6, 6.07) is 0.652. The molecular formula is C13H29NO. The molecule has 0 fully saturated rings. The summed E-state index contributed by atoms with van der Waals surface area (Å²) in [7, 11) is 0. The van der Waals surface area contributed by atoms with Gasteiger partial charge in [0.15, 0.2) is 0 Å². The molecule has 0 aliphatic heterocycles. The van der Waals surface area contributed by atoms with Crippen LogP contribution in [0, 0.1) is 5.92 Å². The van der Waals surface area contributed by atoms with Gasteiger partial charge in [-0.05, 0) is 45.1 Å². The molecule has 0 aromatic rings. The zero-order chi connectivity index (χ0) is 11.5. The van der Waals surface area contributed by atoms with E-state index in [9.17, 15) is 0 Å². The molecule has 0 heterocycles. The number of ether oxygens (including phenoxy) is 1. The lowest BCUT2D eigenvalue weighted by Gasteiger charge is -2.19. The van der Waals surface area contributed by atoms with Crippen LogP contribution in [0.2, 0.25) is 0 Å². The van der Waals surface area contributed by atoms with Gasteiger partial charge in [0.05, 0.1) is 0 Å². The van der Waals surface area contributed by atoms with Crippen LogP contribution in [0.5, 0.6) is 0 Å². The highest BCUT2D eigenvalue weighted by Crippen LogP contribution is 2.09. The van der Waals surface area contributed by atoms with Crippen molar-refractivity contribution in [1.82, 2.24) is 5.32 Å². The van der Waals surface area contributed by atoms with Gasteiger partial charge in [-0.1, -0.05) is 20.8 Å². The number of hydrogen-bond acceptors (Lipinski definition) is 2. The third kappa shape index (κ3) is 10.2. The van der Waals surface area contributed by atoms with Crippen molar-refractivity contribution in [3.63, 3.8) is 0 Å². The summed E-state index contributed by atoms with van der Waals surface area (Å²) in [6.07, 6.45) is 4.96. The van der Waals surface area contributed by atoms with Crippen molar-refractivity contribution in [2.24, 2.45) is 5.92 Å².